The van der Waals surface area contributed by atoms with Crippen LogP contribution in [0.4, 0.5) is 5.00 Å². The number of hydrogen-bond acceptors (Lipinski definition) is 6. The van der Waals surface area contributed by atoms with E-state index in [1.54, 1.807) is 40.9 Å². The van der Waals surface area contributed by atoms with Crippen molar-refractivity contribution in [3.63, 3.8) is 0 Å². The molecule has 4 aromatic rings. The zero-order valence-corrected chi connectivity index (χ0v) is 21.3. The summed E-state index contributed by atoms with van der Waals surface area (Å²) in [6.07, 6.45) is 3.22. The van der Waals surface area contributed by atoms with Crippen molar-refractivity contribution in [2.24, 2.45) is 5.92 Å². The topological polar surface area (TPSA) is 60.5 Å². The molecule has 0 aliphatic heterocycles. The van der Waals surface area contributed by atoms with Crippen molar-refractivity contribution in [1.29, 1.82) is 0 Å². The molecule has 1 N–H and O–H groups in total. The minimum atomic E-state index is -0.155. The number of ether oxygens (including phenoxy) is 2. The van der Waals surface area contributed by atoms with Crippen LogP contribution in [0.25, 0.3) is 20.8 Å². The lowest BCUT2D eigenvalue weighted by Gasteiger charge is -2.18. The number of rotatable bonds is 7. The van der Waals surface area contributed by atoms with Gasteiger partial charge < -0.3 is 14.8 Å². The number of thiophene rings is 1. The molecule has 2 aromatic heterocycles. The Morgan fingerprint density at radius 2 is 1.88 bits per heavy atom. The summed E-state index contributed by atoms with van der Waals surface area (Å²) in [4.78, 5) is 19.7. The summed E-state index contributed by atoms with van der Waals surface area (Å²) in [5.41, 5.74) is 3.98. The molecule has 0 spiro atoms. The SMILES string of the molecule is CCOc1ccc(C(=O)Nc2sc3c(c2-c2nc4ccccc4s2)CCC(C)C3)cc1OCC. The van der Waals surface area contributed by atoms with E-state index in [0.29, 0.717) is 36.2 Å². The van der Waals surface area contributed by atoms with Crippen molar-refractivity contribution in [1.82, 2.24) is 4.98 Å². The number of thiazole rings is 1. The number of hydrogen-bond donors (Lipinski definition) is 1. The molecule has 0 radical (unpaired) electrons. The van der Waals surface area contributed by atoms with Crippen LogP contribution in [-0.2, 0) is 12.8 Å². The number of anilines is 1. The minimum absolute atomic E-state index is 0.155. The van der Waals surface area contributed by atoms with Gasteiger partial charge in [-0.05, 0) is 74.9 Å². The van der Waals surface area contributed by atoms with Crippen LogP contribution in [0.5, 0.6) is 11.5 Å². The van der Waals surface area contributed by atoms with Gasteiger partial charge in [0.15, 0.2) is 11.5 Å². The molecule has 5 nitrogen and oxygen atoms in total. The number of nitrogens with one attached hydrogen (secondary N) is 1. The molecular formula is C27H28N2O3S2. The highest BCUT2D eigenvalue weighted by Crippen LogP contribution is 2.47. The van der Waals surface area contributed by atoms with E-state index in [1.165, 1.54) is 10.4 Å². The molecule has 0 saturated carbocycles. The first-order valence-electron chi connectivity index (χ1n) is 11.8. The van der Waals surface area contributed by atoms with Crippen molar-refractivity contribution in [2.75, 3.05) is 18.5 Å². The fraction of sp³-hybridized carbons (Fsp3) is 0.333. The molecule has 0 fully saturated rings. The van der Waals surface area contributed by atoms with Gasteiger partial charge in [0.05, 0.1) is 23.4 Å². The van der Waals surface area contributed by atoms with E-state index in [2.05, 4.69) is 18.3 Å². The average Bonchev–Trinajstić information content (AvgIpc) is 3.40. The summed E-state index contributed by atoms with van der Waals surface area (Å²) < 4.78 is 12.5. The Bertz CT molecular complexity index is 1310. The van der Waals surface area contributed by atoms with E-state index in [9.17, 15) is 4.79 Å². The maximum absolute atomic E-state index is 13.4. The van der Waals surface area contributed by atoms with E-state index in [0.717, 1.165) is 45.1 Å². The van der Waals surface area contributed by atoms with Gasteiger partial charge in [-0.2, -0.15) is 0 Å². The first-order valence-corrected chi connectivity index (χ1v) is 13.4. The summed E-state index contributed by atoms with van der Waals surface area (Å²) in [7, 11) is 0. The lowest BCUT2D eigenvalue weighted by molar-refractivity contribution is 0.102. The number of fused-ring (bicyclic) bond motifs is 2. The van der Waals surface area contributed by atoms with Gasteiger partial charge in [0, 0.05) is 16.0 Å². The molecule has 7 heteroatoms. The van der Waals surface area contributed by atoms with Crippen LogP contribution < -0.4 is 14.8 Å². The first-order chi connectivity index (χ1) is 16.6. The number of benzene rings is 2. The second-order valence-corrected chi connectivity index (χ2v) is 10.7. The van der Waals surface area contributed by atoms with Gasteiger partial charge in [0.2, 0.25) is 0 Å². The van der Waals surface area contributed by atoms with Crippen LogP contribution in [0.3, 0.4) is 0 Å². The van der Waals surface area contributed by atoms with E-state index >= 15 is 0 Å². The lowest BCUT2D eigenvalue weighted by Crippen LogP contribution is -2.12. The van der Waals surface area contributed by atoms with Crippen molar-refractivity contribution in [2.45, 2.75) is 40.0 Å². The second-order valence-electron chi connectivity index (χ2n) is 8.52. The molecule has 1 amide bonds. The highest BCUT2D eigenvalue weighted by molar-refractivity contribution is 7.23. The van der Waals surface area contributed by atoms with Gasteiger partial charge in [-0.1, -0.05) is 19.1 Å². The fourth-order valence-electron chi connectivity index (χ4n) is 4.41. The minimum Gasteiger partial charge on any atom is -0.490 e. The molecule has 176 valence electrons. The molecule has 0 saturated heterocycles. The van der Waals surface area contributed by atoms with Gasteiger partial charge in [-0.3, -0.25) is 4.79 Å². The quantitative estimate of drug-likeness (QED) is 0.296. The van der Waals surface area contributed by atoms with Crippen LogP contribution in [0.2, 0.25) is 0 Å². The lowest BCUT2D eigenvalue weighted by atomic mass is 9.88. The standard InChI is InChI=1S/C27H28N2O3S2/c1-4-31-20-13-11-17(15-21(20)32-5-2)25(30)29-27-24(18-12-10-16(3)14-23(18)34-27)26-28-19-8-6-7-9-22(19)33-26/h6-9,11,13,15-16H,4-5,10,12,14H2,1-3H3,(H,29,30). The zero-order valence-electron chi connectivity index (χ0n) is 19.6. The molecule has 5 rings (SSSR count). The highest BCUT2D eigenvalue weighted by Gasteiger charge is 2.27. The molecule has 2 aromatic carbocycles. The van der Waals surface area contributed by atoms with Gasteiger partial charge in [-0.15, -0.1) is 22.7 Å². The van der Waals surface area contributed by atoms with Crippen LogP contribution in [-0.4, -0.2) is 24.1 Å². The van der Waals surface area contributed by atoms with E-state index in [-0.39, 0.29) is 5.91 Å². The van der Waals surface area contributed by atoms with Gasteiger partial charge in [0.25, 0.3) is 5.91 Å². The predicted molar refractivity (Wildman–Crippen MR) is 141 cm³/mol. The Morgan fingerprint density at radius 3 is 2.68 bits per heavy atom. The largest absolute Gasteiger partial charge is 0.490 e. The van der Waals surface area contributed by atoms with Crippen LogP contribution in [0.1, 0.15) is 48.0 Å². The third-order valence-corrected chi connectivity index (χ3v) is 8.28. The summed E-state index contributed by atoms with van der Waals surface area (Å²) in [5.74, 6) is 1.73. The van der Waals surface area contributed by atoms with Crippen molar-refractivity contribution >= 4 is 43.8 Å². The molecule has 1 aliphatic carbocycles. The highest BCUT2D eigenvalue weighted by atomic mass is 32.1. The Kier molecular flexibility index (Phi) is 6.57. The van der Waals surface area contributed by atoms with Gasteiger partial charge >= 0.3 is 0 Å². The molecule has 34 heavy (non-hydrogen) atoms. The zero-order chi connectivity index (χ0) is 23.7. The first kappa shape index (κ1) is 22.9. The summed E-state index contributed by atoms with van der Waals surface area (Å²) >= 11 is 3.39. The van der Waals surface area contributed by atoms with Crippen molar-refractivity contribution in [3.05, 3.63) is 58.5 Å². The Balaban J connectivity index is 1.52. The van der Waals surface area contributed by atoms with Gasteiger partial charge in [-0.25, -0.2) is 4.98 Å². The normalized spacial score (nSPS) is 15.2. The molecule has 2 heterocycles. The number of aromatic nitrogens is 1. The van der Waals surface area contributed by atoms with Gasteiger partial charge in [0.1, 0.15) is 10.0 Å². The molecule has 1 unspecified atom stereocenters. The Labute approximate surface area is 207 Å². The van der Waals surface area contributed by atoms with E-state index in [1.807, 2.05) is 32.0 Å². The maximum Gasteiger partial charge on any atom is 0.256 e. The summed E-state index contributed by atoms with van der Waals surface area (Å²) in [5, 5.41) is 5.07. The molecule has 1 atom stereocenters. The summed E-state index contributed by atoms with van der Waals surface area (Å²) in [6, 6.07) is 13.6. The fourth-order valence-corrected chi connectivity index (χ4v) is 6.93. The Morgan fingerprint density at radius 1 is 1.09 bits per heavy atom. The van der Waals surface area contributed by atoms with Crippen LogP contribution in [0, 0.1) is 5.92 Å². The third-order valence-electron chi connectivity index (χ3n) is 6.05. The van der Waals surface area contributed by atoms with Crippen LogP contribution >= 0.6 is 22.7 Å². The smallest absolute Gasteiger partial charge is 0.256 e. The number of carbonyl (C=O) groups is 1. The van der Waals surface area contributed by atoms with E-state index in [4.69, 9.17) is 14.5 Å². The number of nitrogens with zero attached hydrogens (tertiary/aromatic N) is 1. The average molecular weight is 493 g/mol. The molecule has 1 aliphatic rings. The van der Waals surface area contributed by atoms with Crippen molar-refractivity contribution < 1.29 is 14.3 Å². The monoisotopic (exact) mass is 492 g/mol. The van der Waals surface area contributed by atoms with E-state index < -0.39 is 0 Å². The number of para-hydroxylation sites is 1. The number of amides is 1. The Hall–Kier alpha value is -2.90. The molecular weight excluding hydrogens is 464 g/mol. The maximum atomic E-state index is 13.4. The van der Waals surface area contributed by atoms with Crippen molar-refractivity contribution in [3.8, 4) is 22.1 Å². The third kappa shape index (κ3) is 4.42. The molecule has 0 bridgehead atoms. The number of carbonyl (C=O) groups excluding carboxylic acids is 1. The predicted octanol–water partition coefficient (Wildman–Crippen LogP) is 7.20. The second kappa shape index (κ2) is 9.76. The summed E-state index contributed by atoms with van der Waals surface area (Å²) in [6.45, 7) is 7.19. The van der Waals surface area contributed by atoms with Crippen LogP contribution in [0.15, 0.2) is 42.5 Å².